The number of aryl methyl sites for hydroxylation is 2. The van der Waals surface area contributed by atoms with Crippen LogP contribution in [0.2, 0.25) is 0 Å². The quantitative estimate of drug-likeness (QED) is 0.304. The van der Waals surface area contributed by atoms with Crippen LogP contribution in [0.3, 0.4) is 0 Å². The molecule has 7 nitrogen and oxygen atoms in total. The third kappa shape index (κ3) is 4.14. The molecule has 0 aromatic heterocycles. The van der Waals surface area contributed by atoms with E-state index in [9.17, 15) is 20.1 Å². The summed E-state index contributed by atoms with van der Waals surface area (Å²) < 4.78 is 16.0. The second kappa shape index (κ2) is 8.70. The molecule has 3 N–H and O–H groups in total. The predicted molar refractivity (Wildman–Crippen MR) is 117 cm³/mol. The van der Waals surface area contributed by atoms with Gasteiger partial charge in [-0.1, -0.05) is 12.1 Å². The summed E-state index contributed by atoms with van der Waals surface area (Å²) in [7, 11) is 3.17. The second-order valence-corrected chi connectivity index (χ2v) is 7.69. The zero-order valence-electron chi connectivity index (χ0n) is 17.8. The summed E-state index contributed by atoms with van der Waals surface area (Å²) in [6.07, 6.45) is 1.30. The molecule has 3 aromatic rings. The highest BCUT2D eigenvalue weighted by molar-refractivity contribution is 5.78. The lowest BCUT2D eigenvalue weighted by molar-refractivity contribution is -0.135. The molecule has 4 rings (SSSR count). The normalized spacial score (nSPS) is 15.1. The summed E-state index contributed by atoms with van der Waals surface area (Å²) in [5, 5.41) is 30.1. The maximum Gasteiger partial charge on any atom is 0.312 e. The largest absolute Gasteiger partial charge is 0.508 e. The van der Waals surface area contributed by atoms with Crippen molar-refractivity contribution >= 4 is 5.97 Å². The number of esters is 1. The van der Waals surface area contributed by atoms with Crippen molar-refractivity contribution in [1.82, 2.24) is 0 Å². The highest BCUT2D eigenvalue weighted by atomic mass is 16.5. The zero-order chi connectivity index (χ0) is 22.8. The van der Waals surface area contributed by atoms with Crippen LogP contribution in [0.25, 0.3) is 0 Å². The van der Waals surface area contributed by atoms with Gasteiger partial charge in [0, 0.05) is 17.5 Å². The van der Waals surface area contributed by atoms with Crippen LogP contribution in [0.4, 0.5) is 0 Å². The summed E-state index contributed by atoms with van der Waals surface area (Å²) in [6, 6.07) is 13.5. The molecule has 0 radical (unpaired) electrons. The van der Waals surface area contributed by atoms with Crippen LogP contribution in [0.5, 0.6) is 34.5 Å². The number of carbonyl (C=O) groups is 1. The number of hydrogen-bond donors (Lipinski definition) is 3. The van der Waals surface area contributed by atoms with Gasteiger partial charge in [0.2, 0.25) is 0 Å². The lowest BCUT2D eigenvalue weighted by atomic mass is 9.84. The SMILES string of the molecule is COc1ccc(CCc2cc3c(cc2O)OC(=O)CC3c2ccc(O)c(O)c2)cc1OC. The standard InChI is InChI=1S/C25H24O7/c1-30-22-8-4-14(9-24(22)31-2)3-5-16-10-18-17(15-6-7-19(26)21(28)11-15)12-25(29)32-23(18)13-20(16)27/h4,6-11,13,17,26-28H,3,5,12H2,1-2H3. The number of methoxy groups -OCH3 is 2. The van der Waals surface area contributed by atoms with Crippen LogP contribution in [0.15, 0.2) is 48.5 Å². The first-order valence-electron chi connectivity index (χ1n) is 10.2. The van der Waals surface area contributed by atoms with E-state index in [1.54, 1.807) is 20.3 Å². The second-order valence-electron chi connectivity index (χ2n) is 7.69. The minimum Gasteiger partial charge on any atom is -0.508 e. The molecule has 3 aromatic carbocycles. The van der Waals surface area contributed by atoms with Crippen LogP contribution in [0.1, 0.15) is 34.6 Å². The smallest absolute Gasteiger partial charge is 0.312 e. The number of fused-ring (bicyclic) bond motifs is 1. The Morgan fingerprint density at radius 3 is 2.38 bits per heavy atom. The van der Waals surface area contributed by atoms with Crippen molar-refractivity contribution in [3.05, 3.63) is 70.8 Å². The van der Waals surface area contributed by atoms with Gasteiger partial charge in [-0.15, -0.1) is 0 Å². The molecule has 1 atom stereocenters. The van der Waals surface area contributed by atoms with E-state index < -0.39 is 5.97 Å². The average molecular weight is 436 g/mol. The molecule has 0 saturated carbocycles. The predicted octanol–water partition coefficient (Wildman–Crippen LogP) is 4.05. The monoisotopic (exact) mass is 436 g/mol. The number of phenolic OH excluding ortho intramolecular Hbond substituents is 3. The molecule has 0 bridgehead atoms. The van der Waals surface area contributed by atoms with Gasteiger partial charge in [-0.2, -0.15) is 0 Å². The first-order chi connectivity index (χ1) is 15.4. The molecular weight excluding hydrogens is 412 g/mol. The minimum atomic E-state index is -0.424. The molecule has 0 spiro atoms. The van der Waals surface area contributed by atoms with Gasteiger partial charge in [0.15, 0.2) is 23.0 Å². The fourth-order valence-corrected chi connectivity index (χ4v) is 4.00. The van der Waals surface area contributed by atoms with Gasteiger partial charge >= 0.3 is 5.97 Å². The Kier molecular flexibility index (Phi) is 5.81. The molecule has 1 aliphatic heterocycles. The molecular formula is C25H24O7. The Bertz CT molecular complexity index is 1170. The number of rotatable bonds is 6. The van der Waals surface area contributed by atoms with E-state index >= 15 is 0 Å². The molecule has 166 valence electrons. The number of aromatic hydroxyl groups is 3. The van der Waals surface area contributed by atoms with Crippen molar-refractivity contribution in [1.29, 1.82) is 0 Å². The summed E-state index contributed by atoms with van der Waals surface area (Å²) in [4.78, 5) is 12.1. The Labute approximate surface area is 185 Å². The van der Waals surface area contributed by atoms with Crippen molar-refractivity contribution in [3.8, 4) is 34.5 Å². The molecule has 0 amide bonds. The molecule has 0 fully saturated rings. The van der Waals surface area contributed by atoms with E-state index in [2.05, 4.69) is 0 Å². The number of benzene rings is 3. The Morgan fingerprint density at radius 1 is 0.875 bits per heavy atom. The van der Waals surface area contributed by atoms with Crippen LogP contribution < -0.4 is 14.2 Å². The van der Waals surface area contributed by atoms with Gasteiger partial charge in [-0.3, -0.25) is 4.79 Å². The molecule has 32 heavy (non-hydrogen) atoms. The molecule has 1 unspecified atom stereocenters. The molecule has 0 saturated heterocycles. The van der Waals surface area contributed by atoms with Gasteiger partial charge in [-0.25, -0.2) is 0 Å². The van der Waals surface area contributed by atoms with Crippen LogP contribution in [-0.4, -0.2) is 35.5 Å². The number of hydrogen-bond acceptors (Lipinski definition) is 7. The van der Waals surface area contributed by atoms with Gasteiger partial charge in [0.05, 0.1) is 20.6 Å². The van der Waals surface area contributed by atoms with Crippen LogP contribution in [-0.2, 0) is 17.6 Å². The first kappa shape index (κ1) is 21.4. The lowest BCUT2D eigenvalue weighted by Crippen LogP contribution is -2.21. The molecule has 7 heteroatoms. The van der Waals surface area contributed by atoms with E-state index in [1.165, 1.54) is 18.2 Å². The van der Waals surface area contributed by atoms with E-state index in [0.29, 0.717) is 41.2 Å². The molecule has 1 aliphatic rings. The molecule has 1 heterocycles. The third-order valence-corrected chi connectivity index (χ3v) is 5.71. The van der Waals surface area contributed by atoms with Crippen molar-refractivity contribution in [2.75, 3.05) is 14.2 Å². The number of carbonyl (C=O) groups excluding carboxylic acids is 1. The van der Waals surface area contributed by atoms with Gasteiger partial charge in [-0.05, 0) is 59.9 Å². The van der Waals surface area contributed by atoms with Crippen LogP contribution in [0, 0.1) is 0 Å². The van der Waals surface area contributed by atoms with E-state index in [0.717, 1.165) is 11.1 Å². The highest BCUT2D eigenvalue weighted by Crippen LogP contribution is 2.43. The maximum atomic E-state index is 12.1. The highest BCUT2D eigenvalue weighted by Gasteiger charge is 2.30. The minimum absolute atomic E-state index is 0.0474. The van der Waals surface area contributed by atoms with Gasteiger partial charge in [0.1, 0.15) is 11.5 Å². The first-order valence-corrected chi connectivity index (χ1v) is 10.2. The topological polar surface area (TPSA) is 105 Å². The summed E-state index contributed by atoms with van der Waals surface area (Å²) in [6.45, 7) is 0. The third-order valence-electron chi connectivity index (χ3n) is 5.71. The van der Waals surface area contributed by atoms with Crippen molar-refractivity contribution in [2.24, 2.45) is 0 Å². The van der Waals surface area contributed by atoms with E-state index in [1.807, 2.05) is 24.3 Å². The maximum absolute atomic E-state index is 12.1. The average Bonchev–Trinajstić information content (AvgIpc) is 2.78. The van der Waals surface area contributed by atoms with Gasteiger partial charge < -0.3 is 29.5 Å². The Hall–Kier alpha value is -3.87. The number of phenols is 3. The Morgan fingerprint density at radius 2 is 1.66 bits per heavy atom. The van der Waals surface area contributed by atoms with Crippen molar-refractivity contribution in [2.45, 2.75) is 25.2 Å². The van der Waals surface area contributed by atoms with Crippen molar-refractivity contribution < 1.29 is 34.3 Å². The fraction of sp³-hybridized carbons (Fsp3) is 0.240. The van der Waals surface area contributed by atoms with Crippen molar-refractivity contribution in [3.63, 3.8) is 0 Å². The van der Waals surface area contributed by atoms with E-state index in [-0.39, 0.29) is 29.6 Å². The van der Waals surface area contributed by atoms with Gasteiger partial charge in [0.25, 0.3) is 0 Å². The summed E-state index contributed by atoms with van der Waals surface area (Å²) >= 11 is 0. The number of ether oxygens (including phenoxy) is 3. The van der Waals surface area contributed by atoms with E-state index in [4.69, 9.17) is 14.2 Å². The Balaban J connectivity index is 1.64. The molecule has 0 aliphatic carbocycles. The van der Waals surface area contributed by atoms with Crippen LogP contribution >= 0.6 is 0 Å². The zero-order valence-corrected chi connectivity index (χ0v) is 17.8. The summed E-state index contributed by atoms with van der Waals surface area (Å²) in [5.41, 5.74) is 3.15. The summed E-state index contributed by atoms with van der Waals surface area (Å²) in [5.74, 6) is 0.362. The fourth-order valence-electron chi connectivity index (χ4n) is 4.00. The lowest BCUT2D eigenvalue weighted by Gasteiger charge is -2.26.